The molecule has 1 heterocycles. The van der Waals surface area contributed by atoms with Gasteiger partial charge in [-0.05, 0) is 31.8 Å². The molecule has 82 valence electrons. The standard InChI is InChI=1S/C11H22N2O/c1-9(2)11(14)13(3)7-5-10-4-6-12-8-10/h9-10,12H,4-8H2,1-3H3. The lowest BCUT2D eigenvalue weighted by molar-refractivity contribution is -0.133. The molecule has 0 bridgehead atoms. The second-order valence-electron chi connectivity index (χ2n) is 4.56. The zero-order chi connectivity index (χ0) is 10.6. The van der Waals surface area contributed by atoms with E-state index in [0.29, 0.717) is 0 Å². The Balaban J connectivity index is 2.19. The summed E-state index contributed by atoms with van der Waals surface area (Å²) >= 11 is 0. The van der Waals surface area contributed by atoms with Crippen LogP contribution in [-0.4, -0.2) is 37.5 Å². The van der Waals surface area contributed by atoms with Crippen LogP contribution >= 0.6 is 0 Å². The SMILES string of the molecule is CC(C)C(=O)N(C)CCC1CCNC1. The van der Waals surface area contributed by atoms with Gasteiger partial charge in [0.1, 0.15) is 0 Å². The highest BCUT2D eigenvalue weighted by Gasteiger charge is 2.17. The van der Waals surface area contributed by atoms with Crippen LogP contribution in [0.4, 0.5) is 0 Å². The van der Waals surface area contributed by atoms with Gasteiger partial charge in [-0.25, -0.2) is 0 Å². The van der Waals surface area contributed by atoms with Crippen LogP contribution in [0.1, 0.15) is 26.7 Å². The number of nitrogens with one attached hydrogen (secondary N) is 1. The average molecular weight is 198 g/mol. The minimum atomic E-state index is 0.127. The van der Waals surface area contributed by atoms with Gasteiger partial charge >= 0.3 is 0 Å². The Morgan fingerprint density at radius 1 is 1.57 bits per heavy atom. The number of nitrogens with zero attached hydrogens (tertiary/aromatic N) is 1. The van der Waals surface area contributed by atoms with Gasteiger partial charge < -0.3 is 10.2 Å². The van der Waals surface area contributed by atoms with Crippen LogP contribution in [0.2, 0.25) is 0 Å². The summed E-state index contributed by atoms with van der Waals surface area (Å²) in [5.41, 5.74) is 0. The zero-order valence-electron chi connectivity index (χ0n) is 9.55. The first-order valence-electron chi connectivity index (χ1n) is 5.57. The van der Waals surface area contributed by atoms with Gasteiger partial charge in [0.05, 0.1) is 0 Å². The van der Waals surface area contributed by atoms with Gasteiger partial charge in [-0.2, -0.15) is 0 Å². The van der Waals surface area contributed by atoms with Crippen LogP contribution in [0, 0.1) is 11.8 Å². The molecule has 0 aliphatic carbocycles. The molecule has 0 aromatic carbocycles. The Morgan fingerprint density at radius 3 is 2.79 bits per heavy atom. The molecule has 1 amide bonds. The van der Waals surface area contributed by atoms with Crippen molar-refractivity contribution in [2.75, 3.05) is 26.7 Å². The molecule has 3 heteroatoms. The molecule has 3 nitrogen and oxygen atoms in total. The summed E-state index contributed by atoms with van der Waals surface area (Å²) in [4.78, 5) is 13.4. The third-order valence-electron chi connectivity index (χ3n) is 2.91. The summed E-state index contributed by atoms with van der Waals surface area (Å²) in [7, 11) is 1.91. The molecule has 1 aliphatic rings. The van der Waals surface area contributed by atoms with E-state index in [1.165, 1.54) is 6.42 Å². The van der Waals surface area contributed by atoms with E-state index in [-0.39, 0.29) is 11.8 Å². The van der Waals surface area contributed by atoms with Gasteiger partial charge in [0.25, 0.3) is 0 Å². The fourth-order valence-electron chi connectivity index (χ4n) is 1.89. The molecule has 0 saturated carbocycles. The van der Waals surface area contributed by atoms with Crippen LogP contribution in [0.5, 0.6) is 0 Å². The Bertz CT molecular complexity index is 186. The molecule has 14 heavy (non-hydrogen) atoms. The summed E-state index contributed by atoms with van der Waals surface area (Å²) in [6, 6.07) is 0. The molecule has 1 aliphatic heterocycles. The molecule has 1 rings (SSSR count). The molecular formula is C11H22N2O. The predicted octanol–water partition coefficient (Wildman–Crippen LogP) is 1.10. The van der Waals surface area contributed by atoms with Crippen molar-refractivity contribution in [3.05, 3.63) is 0 Å². The number of amides is 1. The largest absolute Gasteiger partial charge is 0.346 e. The maximum atomic E-state index is 11.6. The minimum absolute atomic E-state index is 0.127. The Morgan fingerprint density at radius 2 is 2.29 bits per heavy atom. The van der Waals surface area contributed by atoms with Crippen molar-refractivity contribution < 1.29 is 4.79 Å². The summed E-state index contributed by atoms with van der Waals surface area (Å²) < 4.78 is 0. The highest BCUT2D eigenvalue weighted by Crippen LogP contribution is 2.12. The van der Waals surface area contributed by atoms with Crippen LogP contribution in [-0.2, 0) is 4.79 Å². The number of rotatable bonds is 4. The molecular weight excluding hydrogens is 176 g/mol. The van der Waals surface area contributed by atoms with Crippen LogP contribution in [0.15, 0.2) is 0 Å². The minimum Gasteiger partial charge on any atom is -0.346 e. The third kappa shape index (κ3) is 3.29. The van der Waals surface area contributed by atoms with E-state index in [2.05, 4.69) is 5.32 Å². The first-order chi connectivity index (χ1) is 6.61. The van der Waals surface area contributed by atoms with Gasteiger partial charge in [0, 0.05) is 19.5 Å². The number of carbonyl (C=O) groups excluding carboxylic acids is 1. The zero-order valence-corrected chi connectivity index (χ0v) is 9.55. The Hall–Kier alpha value is -0.570. The molecule has 0 aromatic heterocycles. The van der Waals surface area contributed by atoms with E-state index in [4.69, 9.17) is 0 Å². The van der Waals surface area contributed by atoms with Gasteiger partial charge in [-0.3, -0.25) is 4.79 Å². The average Bonchev–Trinajstić information content (AvgIpc) is 2.65. The Kier molecular flexibility index (Phi) is 4.39. The molecule has 1 atom stereocenters. The molecule has 1 saturated heterocycles. The second-order valence-corrected chi connectivity index (χ2v) is 4.56. The monoisotopic (exact) mass is 198 g/mol. The molecule has 0 aromatic rings. The molecule has 1 unspecified atom stereocenters. The van der Waals surface area contributed by atoms with Crippen molar-refractivity contribution >= 4 is 5.91 Å². The van der Waals surface area contributed by atoms with Crippen molar-refractivity contribution in [3.8, 4) is 0 Å². The lowest BCUT2D eigenvalue weighted by atomic mass is 10.0. The molecule has 1 N–H and O–H groups in total. The fraction of sp³-hybridized carbons (Fsp3) is 0.909. The summed E-state index contributed by atoms with van der Waals surface area (Å²) in [5, 5.41) is 3.34. The topological polar surface area (TPSA) is 32.3 Å². The number of carbonyl (C=O) groups is 1. The first-order valence-corrected chi connectivity index (χ1v) is 5.57. The van der Waals surface area contributed by atoms with Crippen LogP contribution in [0.3, 0.4) is 0 Å². The van der Waals surface area contributed by atoms with Crippen molar-refractivity contribution in [2.24, 2.45) is 11.8 Å². The lowest BCUT2D eigenvalue weighted by Gasteiger charge is -2.20. The van der Waals surface area contributed by atoms with Crippen molar-refractivity contribution in [1.29, 1.82) is 0 Å². The number of hydrogen-bond acceptors (Lipinski definition) is 2. The quantitative estimate of drug-likeness (QED) is 0.733. The summed E-state index contributed by atoms with van der Waals surface area (Å²) in [6.45, 7) is 7.09. The number of hydrogen-bond donors (Lipinski definition) is 1. The van der Waals surface area contributed by atoms with Gasteiger partial charge in [0.15, 0.2) is 0 Å². The Labute approximate surface area is 86.9 Å². The van der Waals surface area contributed by atoms with E-state index in [0.717, 1.165) is 32.0 Å². The van der Waals surface area contributed by atoms with Crippen molar-refractivity contribution in [2.45, 2.75) is 26.7 Å². The molecule has 1 fully saturated rings. The molecule has 0 radical (unpaired) electrons. The third-order valence-corrected chi connectivity index (χ3v) is 2.91. The lowest BCUT2D eigenvalue weighted by Crippen LogP contribution is -2.32. The van der Waals surface area contributed by atoms with E-state index < -0.39 is 0 Å². The van der Waals surface area contributed by atoms with E-state index in [1.54, 1.807) is 0 Å². The summed E-state index contributed by atoms with van der Waals surface area (Å²) in [5.74, 6) is 1.16. The van der Waals surface area contributed by atoms with Gasteiger partial charge in [-0.1, -0.05) is 13.8 Å². The van der Waals surface area contributed by atoms with Crippen LogP contribution < -0.4 is 5.32 Å². The maximum absolute atomic E-state index is 11.6. The predicted molar refractivity (Wildman–Crippen MR) is 58.1 cm³/mol. The fourth-order valence-corrected chi connectivity index (χ4v) is 1.89. The second kappa shape index (κ2) is 5.35. The summed E-state index contributed by atoms with van der Waals surface area (Å²) in [6.07, 6.45) is 2.41. The highest BCUT2D eigenvalue weighted by molar-refractivity contribution is 5.77. The van der Waals surface area contributed by atoms with Gasteiger partial charge in [-0.15, -0.1) is 0 Å². The molecule has 0 spiro atoms. The van der Waals surface area contributed by atoms with E-state index in [1.807, 2.05) is 25.8 Å². The van der Waals surface area contributed by atoms with Crippen LogP contribution in [0.25, 0.3) is 0 Å². The van der Waals surface area contributed by atoms with E-state index in [9.17, 15) is 4.79 Å². The van der Waals surface area contributed by atoms with E-state index >= 15 is 0 Å². The smallest absolute Gasteiger partial charge is 0.224 e. The normalized spacial score (nSPS) is 21.6. The first kappa shape index (κ1) is 11.5. The van der Waals surface area contributed by atoms with Crippen molar-refractivity contribution in [3.63, 3.8) is 0 Å². The van der Waals surface area contributed by atoms with Gasteiger partial charge in [0.2, 0.25) is 5.91 Å². The maximum Gasteiger partial charge on any atom is 0.224 e. The highest BCUT2D eigenvalue weighted by atomic mass is 16.2. The van der Waals surface area contributed by atoms with Crippen molar-refractivity contribution in [1.82, 2.24) is 10.2 Å².